The standard InChI is InChI=1S/C15H27BrO/c1-2-3-12-4-5-15(16)14(10-12)11-13-6-8-17-9-7-13/h12-15H,2-11H2,1H3. The maximum atomic E-state index is 5.46. The molecule has 0 amide bonds. The molecule has 0 N–H and O–H groups in total. The van der Waals surface area contributed by atoms with E-state index in [1.807, 2.05) is 0 Å². The first-order chi connectivity index (χ1) is 8.29. The normalized spacial score (nSPS) is 36.0. The minimum absolute atomic E-state index is 0.790. The van der Waals surface area contributed by atoms with E-state index in [0.717, 1.165) is 35.8 Å². The topological polar surface area (TPSA) is 9.23 Å². The molecule has 0 aromatic carbocycles. The van der Waals surface area contributed by atoms with Crippen LogP contribution in [0.25, 0.3) is 0 Å². The Hall–Kier alpha value is 0.440. The number of alkyl halides is 1. The molecule has 0 spiro atoms. The van der Waals surface area contributed by atoms with E-state index in [2.05, 4.69) is 22.9 Å². The summed E-state index contributed by atoms with van der Waals surface area (Å²) in [4.78, 5) is 0.790. The lowest BCUT2D eigenvalue weighted by Crippen LogP contribution is -2.28. The second kappa shape index (κ2) is 7.13. The van der Waals surface area contributed by atoms with E-state index < -0.39 is 0 Å². The predicted molar refractivity (Wildman–Crippen MR) is 76.6 cm³/mol. The van der Waals surface area contributed by atoms with Gasteiger partial charge >= 0.3 is 0 Å². The number of hydrogen-bond donors (Lipinski definition) is 0. The molecule has 1 heterocycles. The molecule has 1 nitrogen and oxygen atoms in total. The zero-order chi connectivity index (χ0) is 12.1. The second-order valence-electron chi connectivity index (χ2n) is 6.04. The first-order valence-corrected chi connectivity index (χ1v) is 8.43. The summed E-state index contributed by atoms with van der Waals surface area (Å²) < 4.78 is 5.46. The minimum Gasteiger partial charge on any atom is -0.381 e. The Morgan fingerprint density at radius 2 is 1.82 bits per heavy atom. The molecule has 2 fully saturated rings. The van der Waals surface area contributed by atoms with Crippen LogP contribution in [0.1, 0.15) is 58.3 Å². The SMILES string of the molecule is CCCC1CCC(Br)C(CC2CCOCC2)C1. The third-order valence-electron chi connectivity index (χ3n) is 4.67. The van der Waals surface area contributed by atoms with Gasteiger partial charge in [0.15, 0.2) is 0 Å². The molecule has 3 unspecified atom stereocenters. The van der Waals surface area contributed by atoms with E-state index in [4.69, 9.17) is 4.74 Å². The molecule has 1 saturated carbocycles. The van der Waals surface area contributed by atoms with Crippen LogP contribution >= 0.6 is 15.9 Å². The van der Waals surface area contributed by atoms with E-state index in [1.165, 1.54) is 51.4 Å². The van der Waals surface area contributed by atoms with Crippen molar-refractivity contribution in [3.8, 4) is 0 Å². The van der Waals surface area contributed by atoms with Crippen LogP contribution in [0.4, 0.5) is 0 Å². The molecule has 0 radical (unpaired) electrons. The summed E-state index contributed by atoms with van der Waals surface area (Å²) >= 11 is 3.93. The van der Waals surface area contributed by atoms with Gasteiger partial charge in [-0.3, -0.25) is 0 Å². The number of rotatable bonds is 4. The average Bonchev–Trinajstić information content (AvgIpc) is 2.35. The molecule has 3 atom stereocenters. The molecule has 2 heteroatoms. The molecule has 2 rings (SSSR count). The molecule has 17 heavy (non-hydrogen) atoms. The molecule has 1 saturated heterocycles. The highest BCUT2D eigenvalue weighted by Crippen LogP contribution is 2.40. The highest BCUT2D eigenvalue weighted by molar-refractivity contribution is 9.09. The third-order valence-corrected chi connectivity index (χ3v) is 5.88. The lowest BCUT2D eigenvalue weighted by atomic mass is 9.75. The summed E-state index contributed by atoms with van der Waals surface area (Å²) in [6.07, 6.45) is 11.2. The van der Waals surface area contributed by atoms with Crippen LogP contribution in [-0.4, -0.2) is 18.0 Å². The van der Waals surface area contributed by atoms with Gasteiger partial charge in [-0.15, -0.1) is 0 Å². The van der Waals surface area contributed by atoms with Crippen molar-refractivity contribution in [3.63, 3.8) is 0 Å². The van der Waals surface area contributed by atoms with Gasteiger partial charge in [0.2, 0.25) is 0 Å². The average molecular weight is 303 g/mol. The molecule has 0 aromatic heterocycles. The number of halogens is 1. The van der Waals surface area contributed by atoms with Gasteiger partial charge in [0.25, 0.3) is 0 Å². The summed E-state index contributed by atoms with van der Waals surface area (Å²) in [5, 5.41) is 0. The van der Waals surface area contributed by atoms with Crippen molar-refractivity contribution in [2.75, 3.05) is 13.2 Å². The quantitative estimate of drug-likeness (QED) is 0.679. The van der Waals surface area contributed by atoms with Crippen molar-refractivity contribution < 1.29 is 4.74 Å². The van der Waals surface area contributed by atoms with Gasteiger partial charge < -0.3 is 4.74 Å². The minimum atomic E-state index is 0.790. The lowest BCUT2D eigenvalue weighted by Gasteiger charge is -2.36. The molecule has 0 aromatic rings. The van der Waals surface area contributed by atoms with E-state index in [1.54, 1.807) is 0 Å². The maximum absolute atomic E-state index is 5.46. The van der Waals surface area contributed by atoms with Crippen molar-refractivity contribution in [1.82, 2.24) is 0 Å². The lowest BCUT2D eigenvalue weighted by molar-refractivity contribution is 0.0548. The summed E-state index contributed by atoms with van der Waals surface area (Å²) in [5.41, 5.74) is 0. The second-order valence-corrected chi connectivity index (χ2v) is 7.21. The monoisotopic (exact) mass is 302 g/mol. The summed E-state index contributed by atoms with van der Waals surface area (Å²) in [6.45, 7) is 4.33. The van der Waals surface area contributed by atoms with Gasteiger partial charge in [0.1, 0.15) is 0 Å². The fourth-order valence-corrected chi connectivity index (χ4v) is 4.34. The Labute approximate surface area is 115 Å². The smallest absolute Gasteiger partial charge is 0.0468 e. The van der Waals surface area contributed by atoms with Crippen molar-refractivity contribution >= 4 is 15.9 Å². The van der Waals surface area contributed by atoms with Crippen LogP contribution in [-0.2, 0) is 4.74 Å². The van der Waals surface area contributed by atoms with Crippen molar-refractivity contribution in [2.24, 2.45) is 17.8 Å². The first kappa shape index (κ1) is 13.9. The Morgan fingerprint density at radius 1 is 1.06 bits per heavy atom. The van der Waals surface area contributed by atoms with E-state index in [-0.39, 0.29) is 0 Å². The zero-order valence-electron chi connectivity index (χ0n) is 11.2. The summed E-state index contributed by atoms with van der Waals surface area (Å²) in [7, 11) is 0. The van der Waals surface area contributed by atoms with Crippen molar-refractivity contribution in [3.05, 3.63) is 0 Å². The maximum Gasteiger partial charge on any atom is 0.0468 e. The van der Waals surface area contributed by atoms with Gasteiger partial charge in [-0.05, 0) is 56.3 Å². The summed E-state index contributed by atoms with van der Waals surface area (Å²) in [6, 6.07) is 0. The van der Waals surface area contributed by atoms with Crippen LogP contribution in [0.3, 0.4) is 0 Å². The van der Waals surface area contributed by atoms with Crippen LogP contribution in [0.5, 0.6) is 0 Å². The van der Waals surface area contributed by atoms with Gasteiger partial charge in [-0.1, -0.05) is 35.7 Å². The van der Waals surface area contributed by atoms with Crippen molar-refractivity contribution in [1.29, 1.82) is 0 Å². The Balaban J connectivity index is 1.80. The van der Waals surface area contributed by atoms with Gasteiger partial charge in [0.05, 0.1) is 0 Å². The van der Waals surface area contributed by atoms with E-state index >= 15 is 0 Å². The highest BCUT2D eigenvalue weighted by Gasteiger charge is 2.30. The summed E-state index contributed by atoms with van der Waals surface area (Å²) in [5.74, 6) is 2.89. The predicted octanol–water partition coefficient (Wildman–Crippen LogP) is 4.78. The largest absolute Gasteiger partial charge is 0.381 e. The molecule has 1 aliphatic carbocycles. The van der Waals surface area contributed by atoms with Crippen LogP contribution in [0.2, 0.25) is 0 Å². The van der Waals surface area contributed by atoms with E-state index in [9.17, 15) is 0 Å². The molecular weight excluding hydrogens is 276 g/mol. The van der Waals surface area contributed by atoms with Gasteiger partial charge in [0, 0.05) is 18.0 Å². The molecule has 0 bridgehead atoms. The van der Waals surface area contributed by atoms with Crippen LogP contribution < -0.4 is 0 Å². The Bertz CT molecular complexity index is 213. The zero-order valence-corrected chi connectivity index (χ0v) is 12.8. The highest BCUT2D eigenvalue weighted by atomic mass is 79.9. The first-order valence-electron chi connectivity index (χ1n) is 7.51. The number of ether oxygens (including phenoxy) is 1. The molecule has 100 valence electrons. The molecule has 1 aliphatic heterocycles. The fourth-order valence-electron chi connectivity index (χ4n) is 3.65. The molecule has 2 aliphatic rings. The van der Waals surface area contributed by atoms with Gasteiger partial charge in [-0.2, -0.15) is 0 Å². The fraction of sp³-hybridized carbons (Fsp3) is 1.00. The van der Waals surface area contributed by atoms with Crippen molar-refractivity contribution in [2.45, 2.75) is 63.1 Å². The Kier molecular flexibility index (Phi) is 5.82. The number of hydrogen-bond acceptors (Lipinski definition) is 1. The Morgan fingerprint density at radius 3 is 2.53 bits per heavy atom. The van der Waals surface area contributed by atoms with Crippen LogP contribution in [0, 0.1) is 17.8 Å². The van der Waals surface area contributed by atoms with Crippen LogP contribution in [0.15, 0.2) is 0 Å². The molecular formula is C15H27BrO. The van der Waals surface area contributed by atoms with Gasteiger partial charge in [-0.25, -0.2) is 0 Å². The van der Waals surface area contributed by atoms with E-state index in [0.29, 0.717) is 0 Å². The third kappa shape index (κ3) is 4.24.